The summed E-state index contributed by atoms with van der Waals surface area (Å²) in [6.45, 7) is 1.28. The minimum Gasteiger partial charge on any atom is -0.360 e. The van der Waals surface area contributed by atoms with Crippen LogP contribution in [-0.4, -0.2) is 57.2 Å². The number of amides is 2. The summed E-state index contributed by atoms with van der Waals surface area (Å²) in [5, 5.41) is 6.87. The number of hydrogen-bond donors (Lipinski definition) is 2. The first kappa shape index (κ1) is 30.5. The van der Waals surface area contributed by atoms with Crippen molar-refractivity contribution < 1.29 is 36.8 Å². The number of nitrogens with one attached hydrogen (secondary N) is 2. The fraction of sp³-hybridized carbons (Fsp3) is 0.385. The van der Waals surface area contributed by atoms with Gasteiger partial charge >= 0.3 is 12.1 Å². The highest BCUT2D eigenvalue weighted by Crippen LogP contribution is 2.30. The number of alkyl halides is 3. The van der Waals surface area contributed by atoms with Gasteiger partial charge in [0.2, 0.25) is 11.8 Å². The molecule has 0 spiro atoms. The van der Waals surface area contributed by atoms with Crippen molar-refractivity contribution in [1.29, 1.82) is 0 Å². The van der Waals surface area contributed by atoms with Crippen LogP contribution in [0.2, 0.25) is 10.0 Å². The van der Waals surface area contributed by atoms with E-state index in [0.717, 1.165) is 6.07 Å². The van der Waals surface area contributed by atoms with Crippen LogP contribution in [0.1, 0.15) is 24.5 Å². The van der Waals surface area contributed by atoms with Gasteiger partial charge in [0.1, 0.15) is 23.5 Å². The van der Waals surface area contributed by atoms with Crippen LogP contribution in [-0.2, 0) is 39.2 Å². The Morgan fingerprint density at radius 1 is 1.17 bits per heavy atom. The van der Waals surface area contributed by atoms with E-state index in [1.807, 2.05) is 0 Å². The third-order valence-electron chi connectivity index (χ3n) is 6.63. The highest BCUT2D eigenvalue weighted by molar-refractivity contribution is 6.35. The second-order valence-electron chi connectivity index (χ2n) is 9.80. The molecule has 41 heavy (non-hydrogen) atoms. The first-order chi connectivity index (χ1) is 19.2. The number of halogens is 6. The topological polar surface area (TPSA) is 106 Å². The number of carbonyl (C=O) groups is 3. The van der Waals surface area contributed by atoms with Crippen LogP contribution in [0, 0.1) is 11.7 Å². The Bertz CT molecular complexity index is 1480. The lowest BCUT2D eigenvalue weighted by atomic mass is 9.96. The molecular formula is C26H25Cl2F4N5O4. The fourth-order valence-electron chi connectivity index (χ4n) is 4.61. The number of hydroxylamine groups is 2. The standard InChI is InChI=1S/C26H25Cl2F4N5O4/c1-13(23(38)34-10-16-6-17-19(28)12-36(2)22(17)33-9-16)35-24(39)21-8-15(5-14-3-4-20(29)18(27)7-14)11-37(21)41-25(40)26(30,31)32/h3-4,6-7,9,12-13,15,21H,5,8,10-11H2,1-2H3,(H,34,38)(H,35,39)/t13-,15-,21?/m0/s1. The quantitative estimate of drug-likeness (QED) is 0.369. The van der Waals surface area contributed by atoms with Crippen LogP contribution in [0.3, 0.4) is 0 Å². The summed E-state index contributed by atoms with van der Waals surface area (Å²) in [5.74, 6) is -4.92. The monoisotopic (exact) mass is 617 g/mol. The van der Waals surface area contributed by atoms with E-state index in [0.29, 0.717) is 32.2 Å². The van der Waals surface area contributed by atoms with Crippen LogP contribution >= 0.6 is 23.2 Å². The molecule has 1 aliphatic heterocycles. The summed E-state index contributed by atoms with van der Waals surface area (Å²) in [6.07, 6.45) is -1.77. The first-order valence-corrected chi connectivity index (χ1v) is 13.2. The van der Waals surface area contributed by atoms with Gasteiger partial charge in [0.15, 0.2) is 0 Å². The van der Waals surface area contributed by atoms with Gasteiger partial charge in [-0.05, 0) is 55.0 Å². The van der Waals surface area contributed by atoms with E-state index >= 15 is 0 Å². The molecule has 2 aromatic heterocycles. The molecule has 0 aliphatic carbocycles. The molecule has 1 saturated heterocycles. The van der Waals surface area contributed by atoms with E-state index in [9.17, 15) is 31.9 Å². The maximum atomic E-state index is 13.5. The minimum absolute atomic E-state index is 0.00379. The van der Waals surface area contributed by atoms with Gasteiger partial charge in [0.05, 0.1) is 10.0 Å². The molecule has 3 heterocycles. The van der Waals surface area contributed by atoms with Crippen molar-refractivity contribution in [3.63, 3.8) is 0 Å². The Balaban J connectivity index is 1.39. The molecule has 3 atom stereocenters. The fourth-order valence-corrected chi connectivity index (χ4v) is 5.10. The molecule has 9 nitrogen and oxygen atoms in total. The highest BCUT2D eigenvalue weighted by Gasteiger charge is 2.47. The second kappa shape index (κ2) is 12.2. The zero-order valence-electron chi connectivity index (χ0n) is 21.8. The lowest BCUT2D eigenvalue weighted by molar-refractivity contribution is -0.240. The van der Waals surface area contributed by atoms with E-state index in [4.69, 9.17) is 23.2 Å². The number of rotatable bonds is 8. The van der Waals surface area contributed by atoms with E-state index in [2.05, 4.69) is 20.5 Å². The first-order valence-electron chi connectivity index (χ1n) is 12.4. The summed E-state index contributed by atoms with van der Waals surface area (Å²) >= 11 is 12.0. The largest absolute Gasteiger partial charge is 0.492 e. The molecule has 1 unspecified atom stereocenters. The van der Waals surface area contributed by atoms with E-state index in [1.54, 1.807) is 30.1 Å². The number of nitrogens with zero attached hydrogens (tertiary/aromatic N) is 3. The van der Waals surface area contributed by atoms with Gasteiger partial charge in [0.25, 0.3) is 0 Å². The number of aromatic nitrogens is 2. The number of hydrogen-bond acceptors (Lipinski definition) is 6. The average Bonchev–Trinajstić information content (AvgIpc) is 3.43. The van der Waals surface area contributed by atoms with Gasteiger partial charge in [-0.25, -0.2) is 14.2 Å². The summed E-state index contributed by atoms with van der Waals surface area (Å²) in [4.78, 5) is 46.1. The van der Waals surface area contributed by atoms with Gasteiger partial charge in [-0.2, -0.15) is 13.2 Å². The van der Waals surface area contributed by atoms with Gasteiger partial charge in [-0.15, -0.1) is 5.06 Å². The third kappa shape index (κ3) is 7.27. The predicted molar refractivity (Wildman–Crippen MR) is 141 cm³/mol. The Morgan fingerprint density at radius 2 is 1.90 bits per heavy atom. The molecule has 3 aromatic rings. The van der Waals surface area contributed by atoms with Gasteiger partial charge < -0.3 is 20.0 Å². The maximum Gasteiger partial charge on any atom is 0.492 e. The molecule has 1 fully saturated rings. The average molecular weight is 618 g/mol. The molecule has 1 aromatic carbocycles. The zero-order valence-corrected chi connectivity index (χ0v) is 23.3. The van der Waals surface area contributed by atoms with Gasteiger partial charge in [-0.1, -0.05) is 29.3 Å². The number of pyridine rings is 1. The van der Waals surface area contributed by atoms with Crippen molar-refractivity contribution in [2.75, 3.05) is 6.54 Å². The van der Waals surface area contributed by atoms with E-state index in [-0.39, 0.29) is 31.0 Å². The second-order valence-corrected chi connectivity index (χ2v) is 10.6. The van der Waals surface area contributed by atoms with Crippen LogP contribution < -0.4 is 10.6 Å². The number of benzene rings is 1. The molecule has 4 rings (SSSR count). The van der Waals surface area contributed by atoms with Crippen molar-refractivity contribution >= 4 is 52.0 Å². The van der Waals surface area contributed by atoms with Crippen LogP contribution in [0.4, 0.5) is 17.6 Å². The Labute approximate surface area is 241 Å². The molecule has 15 heteroatoms. The summed E-state index contributed by atoms with van der Waals surface area (Å²) in [7, 11) is 1.79. The van der Waals surface area contributed by atoms with Crippen LogP contribution in [0.15, 0.2) is 36.7 Å². The molecule has 1 aliphatic rings. The summed E-state index contributed by atoms with van der Waals surface area (Å²) in [6, 6.07) is 3.39. The maximum absolute atomic E-state index is 13.5. The number of carbonyl (C=O) groups excluding carboxylic acids is 3. The lowest BCUT2D eigenvalue weighted by Crippen LogP contribution is -2.51. The van der Waals surface area contributed by atoms with Gasteiger partial charge in [0, 0.05) is 37.9 Å². The Morgan fingerprint density at radius 3 is 2.59 bits per heavy atom. The van der Waals surface area contributed by atoms with Crippen molar-refractivity contribution in [1.82, 2.24) is 25.2 Å². The third-order valence-corrected chi connectivity index (χ3v) is 7.22. The molecule has 0 radical (unpaired) electrons. The SMILES string of the molecule is C[C@H](NC(=O)C1C[C@H](Cc2ccc(F)c(Cl)c2)CN1OC(=O)C(F)(F)F)C(=O)NCc1cnc2c(c1)c(Cl)cn2C. The Kier molecular flexibility index (Phi) is 9.10. The number of fused-ring (bicyclic) bond motifs is 1. The van der Waals surface area contributed by atoms with Gasteiger partial charge in [-0.3, -0.25) is 9.59 Å². The lowest BCUT2D eigenvalue weighted by Gasteiger charge is -2.24. The van der Waals surface area contributed by atoms with Crippen molar-refractivity contribution in [2.24, 2.45) is 13.0 Å². The molecule has 2 amide bonds. The normalized spacial score (nSPS) is 18.3. The zero-order chi connectivity index (χ0) is 30.1. The van der Waals surface area contributed by atoms with Crippen molar-refractivity contribution in [3.05, 3.63) is 63.6 Å². The van der Waals surface area contributed by atoms with Crippen LogP contribution in [0.25, 0.3) is 11.0 Å². The van der Waals surface area contributed by atoms with E-state index in [1.165, 1.54) is 19.1 Å². The molecule has 0 saturated carbocycles. The van der Waals surface area contributed by atoms with Crippen molar-refractivity contribution in [3.8, 4) is 0 Å². The summed E-state index contributed by atoms with van der Waals surface area (Å²) < 4.78 is 53.9. The van der Waals surface area contributed by atoms with E-state index < -0.39 is 47.8 Å². The number of aryl methyl sites for hydroxylation is 1. The smallest absolute Gasteiger partial charge is 0.360 e. The molecular weight excluding hydrogens is 593 g/mol. The predicted octanol–water partition coefficient (Wildman–Crippen LogP) is 4.09. The Hall–Kier alpha value is -3.42. The van der Waals surface area contributed by atoms with Crippen LogP contribution in [0.5, 0.6) is 0 Å². The minimum atomic E-state index is -5.28. The molecule has 0 bridgehead atoms. The summed E-state index contributed by atoms with van der Waals surface area (Å²) in [5.41, 5.74) is 1.91. The molecule has 220 valence electrons. The highest BCUT2D eigenvalue weighted by atomic mass is 35.5. The van der Waals surface area contributed by atoms with Crippen molar-refractivity contribution in [2.45, 2.75) is 44.6 Å². The molecule has 2 N–H and O–H groups in total.